The van der Waals surface area contributed by atoms with Gasteiger partial charge in [0.1, 0.15) is 12.5 Å². The van der Waals surface area contributed by atoms with Crippen LogP contribution < -0.4 is 10.6 Å². The maximum Gasteiger partial charge on any atom is 0.407 e. The van der Waals surface area contributed by atoms with E-state index in [0.29, 0.717) is 18.7 Å². The van der Waals surface area contributed by atoms with Crippen molar-refractivity contribution < 1.29 is 14.3 Å². The number of hydrogen-bond donors (Lipinski definition) is 2. The highest BCUT2D eigenvalue weighted by Crippen LogP contribution is 2.44. The number of anilines is 1. The van der Waals surface area contributed by atoms with E-state index in [0.717, 1.165) is 5.56 Å². The van der Waals surface area contributed by atoms with Gasteiger partial charge >= 0.3 is 6.09 Å². The summed E-state index contributed by atoms with van der Waals surface area (Å²) in [6.45, 7) is 0.686. The molecular weight excluding hydrogens is 436 g/mol. The van der Waals surface area contributed by atoms with Crippen molar-refractivity contribution >= 4 is 29.3 Å². The first-order chi connectivity index (χ1) is 16.2. The van der Waals surface area contributed by atoms with Gasteiger partial charge in [0.05, 0.1) is 0 Å². The Hall–Kier alpha value is -3.75. The van der Waals surface area contributed by atoms with Gasteiger partial charge in [0, 0.05) is 30.1 Å². The molecule has 0 aromatic heterocycles. The number of carbonyl (C=O) groups is 2. The molecule has 3 aromatic rings. The van der Waals surface area contributed by atoms with Crippen LogP contribution in [0.15, 0.2) is 72.8 Å². The highest BCUT2D eigenvalue weighted by atomic mass is 35.5. The smallest absolute Gasteiger partial charge is 0.407 e. The van der Waals surface area contributed by atoms with Gasteiger partial charge in [-0.2, -0.15) is 0 Å². The first kappa shape index (κ1) is 22.4. The quantitative estimate of drug-likeness (QED) is 0.305. The molecule has 0 atom stereocenters. The fourth-order valence-corrected chi connectivity index (χ4v) is 3.94. The van der Waals surface area contributed by atoms with Crippen molar-refractivity contribution in [3.63, 3.8) is 0 Å². The third kappa shape index (κ3) is 5.54. The first-order valence-electron chi connectivity index (χ1n) is 10.7. The van der Waals surface area contributed by atoms with E-state index in [4.69, 9.17) is 16.3 Å². The zero-order chi connectivity index (χ0) is 23.0. The molecule has 0 spiro atoms. The molecule has 0 radical (unpaired) electrons. The number of nitrogens with one attached hydrogen (secondary N) is 2. The number of halogens is 1. The van der Waals surface area contributed by atoms with Gasteiger partial charge in [0.15, 0.2) is 0 Å². The van der Waals surface area contributed by atoms with E-state index in [1.165, 1.54) is 22.3 Å². The summed E-state index contributed by atoms with van der Waals surface area (Å²) in [5, 5.41) is 5.42. The molecule has 3 aromatic carbocycles. The Labute approximate surface area is 198 Å². The molecule has 6 heteroatoms. The molecule has 0 saturated carbocycles. The Morgan fingerprint density at radius 1 is 0.909 bits per heavy atom. The summed E-state index contributed by atoms with van der Waals surface area (Å²) in [7, 11) is 0. The number of hydrogen-bond acceptors (Lipinski definition) is 3. The van der Waals surface area contributed by atoms with Crippen LogP contribution >= 0.6 is 11.6 Å². The van der Waals surface area contributed by atoms with Gasteiger partial charge in [0.25, 0.3) is 0 Å². The molecule has 1 aliphatic rings. The molecule has 0 saturated heterocycles. The topological polar surface area (TPSA) is 67.4 Å². The second-order valence-corrected chi connectivity index (χ2v) is 7.83. The molecule has 0 heterocycles. The lowest BCUT2D eigenvalue weighted by Gasteiger charge is -2.14. The van der Waals surface area contributed by atoms with Crippen LogP contribution in [0.2, 0.25) is 0 Å². The summed E-state index contributed by atoms with van der Waals surface area (Å²) < 4.78 is 5.52. The molecule has 0 unspecified atom stereocenters. The lowest BCUT2D eigenvalue weighted by molar-refractivity contribution is -0.113. The standard InChI is InChI=1S/C27H23ClN2O3/c28-17-26(31)30-20-14-12-19(13-15-20)7-5-6-16-29-27(32)33-18-25-23-10-3-1-8-21(23)22-9-2-4-11-24(22)25/h1-4,8-15,25H,6,16-18H2,(H,29,32)(H,30,31). The zero-order valence-corrected chi connectivity index (χ0v) is 18.7. The summed E-state index contributed by atoms with van der Waals surface area (Å²) in [5.74, 6) is 5.76. The number of benzene rings is 3. The highest BCUT2D eigenvalue weighted by Gasteiger charge is 2.28. The summed E-state index contributed by atoms with van der Waals surface area (Å²) in [4.78, 5) is 23.5. The Morgan fingerprint density at radius 2 is 1.55 bits per heavy atom. The predicted octanol–water partition coefficient (Wildman–Crippen LogP) is 5.14. The van der Waals surface area contributed by atoms with E-state index in [1.54, 1.807) is 12.1 Å². The van der Waals surface area contributed by atoms with Crippen LogP contribution in [0.1, 0.15) is 29.0 Å². The Bertz CT molecular complexity index is 1170. The largest absolute Gasteiger partial charge is 0.449 e. The van der Waals surface area contributed by atoms with Gasteiger partial charge in [-0.25, -0.2) is 4.79 Å². The molecule has 1 aliphatic carbocycles. The maximum absolute atomic E-state index is 12.2. The van der Waals surface area contributed by atoms with Crippen molar-refractivity contribution in [2.45, 2.75) is 12.3 Å². The number of ether oxygens (including phenoxy) is 1. The minimum atomic E-state index is -0.446. The summed E-state index contributed by atoms with van der Waals surface area (Å²) >= 11 is 5.47. The van der Waals surface area contributed by atoms with Crippen molar-refractivity contribution in [2.75, 3.05) is 24.3 Å². The number of rotatable bonds is 6. The van der Waals surface area contributed by atoms with Gasteiger partial charge in [-0.15, -0.1) is 11.6 Å². The average Bonchev–Trinajstić information content (AvgIpc) is 3.17. The number of amides is 2. The third-order valence-electron chi connectivity index (χ3n) is 5.39. The summed E-state index contributed by atoms with van der Waals surface area (Å²) in [5.41, 5.74) is 6.26. The lowest BCUT2D eigenvalue weighted by Crippen LogP contribution is -2.26. The Balaban J connectivity index is 1.23. The van der Waals surface area contributed by atoms with Crippen molar-refractivity contribution in [2.24, 2.45) is 0 Å². The highest BCUT2D eigenvalue weighted by molar-refractivity contribution is 6.29. The monoisotopic (exact) mass is 458 g/mol. The number of alkyl halides is 1. The lowest BCUT2D eigenvalue weighted by atomic mass is 9.98. The van der Waals surface area contributed by atoms with Gasteiger partial charge in [-0.3, -0.25) is 4.79 Å². The first-order valence-corrected chi connectivity index (χ1v) is 11.2. The third-order valence-corrected chi connectivity index (χ3v) is 5.63. The minimum Gasteiger partial charge on any atom is -0.449 e. The van der Waals surface area contributed by atoms with E-state index >= 15 is 0 Å². The van der Waals surface area contributed by atoms with Crippen LogP contribution in [-0.4, -0.2) is 31.0 Å². The number of alkyl carbamates (subject to hydrolysis) is 1. The van der Waals surface area contributed by atoms with E-state index < -0.39 is 6.09 Å². The molecule has 0 bridgehead atoms. The summed E-state index contributed by atoms with van der Waals surface area (Å²) in [6.07, 6.45) is 0.0487. The number of fused-ring (bicyclic) bond motifs is 3. The van der Waals surface area contributed by atoms with Crippen LogP contribution in [0.4, 0.5) is 10.5 Å². The molecule has 0 aliphatic heterocycles. The molecular formula is C27H23ClN2O3. The molecule has 2 amide bonds. The fraction of sp³-hybridized carbons (Fsp3) is 0.185. The SMILES string of the molecule is O=C(CCl)Nc1ccc(C#CCCNC(=O)OCC2c3ccccc3-c3ccccc32)cc1. The van der Waals surface area contributed by atoms with Crippen LogP contribution in [-0.2, 0) is 9.53 Å². The Kier molecular flexibility index (Phi) is 7.29. The van der Waals surface area contributed by atoms with Crippen LogP contribution in [0.3, 0.4) is 0 Å². The molecule has 5 nitrogen and oxygen atoms in total. The fourth-order valence-electron chi connectivity index (χ4n) is 3.87. The predicted molar refractivity (Wildman–Crippen MR) is 130 cm³/mol. The van der Waals surface area contributed by atoms with Crippen LogP contribution in [0, 0.1) is 11.8 Å². The van der Waals surface area contributed by atoms with Gasteiger partial charge in [0.2, 0.25) is 5.91 Å². The zero-order valence-electron chi connectivity index (χ0n) is 17.9. The van der Waals surface area contributed by atoms with E-state index in [9.17, 15) is 9.59 Å². The van der Waals surface area contributed by atoms with E-state index in [2.05, 4.69) is 46.7 Å². The van der Waals surface area contributed by atoms with E-state index in [-0.39, 0.29) is 24.3 Å². The second kappa shape index (κ2) is 10.7. The molecule has 2 N–H and O–H groups in total. The molecule has 166 valence electrons. The summed E-state index contributed by atoms with van der Waals surface area (Å²) in [6, 6.07) is 23.6. The van der Waals surface area contributed by atoms with Crippen molar-refractivity contribution in [3.05, 3.63) is 89.5 Å². The average molecular weight is 459 g/mol. The van der Waals surface area contributed by atoms with Crippen LogP contribution in [0.5, 0.6) is 0 Å². The normalized spacial score (nSPS) is 11.5. The van der Waals surface area contributed by atoms with Gasteiger partial charge in [-0.05, 0) is 46.5 Å². The second-order valence-electron chi connectivity index (χ2n) is 7.56. The van der Waals surface area contributed by atoms with Crippen LogP contribution in [0.25, 0.3) is 11.1 Å². The van der Waals surface area contributed by atoms with Gasteiger partial charge in [-0.1, -0.05) is 60.4 Å². The molecule has 4 rings (SSSR count). The van der Waals surface area contributed by atoms with Crippen molar-refractivity contribution in [3.8, 4) is 23.0 Å². The Morgan fingerprint density at radius 3 is 2.18 bits per heavy atom. The van der Waals surface area contributed by atoms with Gasteiger partial charge < -0.3 is 15.4 Å². The maximum atomic E-state index is 12.2. The number of carbonyl (C=O) groups excluding carboxylic acids is 2. The molecule has 33 heavy (non-hydrogen) atoms. The van der Waals surface area contributed by atoms with Crippen molar-refractivity contribution in [1.82, 2.24) is 5.32 Å². The van der Waals surface area contributed by atoms with E-state index in [1.807, 2.05) is 36.4 Å². The van der Waals surface area contributed by atoms with Crippen molar-refractivity contribution in [1.29, 1.82) is 0 Å². The molecule has 0 fully saturated rings. The minimum absolute atomic E-state index is 0.0418.